The lowest BCUT2D eigenvalue weighted by Gasteiger charge is -2.29. The van der Waals surface area contributed by atoms with Gasteiger partial charge in [0.2, 0.25) is 0 Å². The van der Waals surface area contributed by atoms with Crippen molar-refractivity contribution in [2.24, 2.45) is 0 Å². The Kier molecular flexibility index (Phi) is 6.30. The fourth-order valence-electron chi connectivity index (χ4n) is 5.23. The van der Waals surface area contributed by atoms with Gasteiger partial charge in [-0.15, -0.1) is 0 Å². The number of hydrogen-bond acceptors (Lipinski definition) is 5. The van der Waals surface area contributed by atoms with Crippen molar-refractivity contribution in [3.63, 3.8) is 0 Å². The predicted octanol–water partition coefficient (Wildman–Crippen LogP) is 4.88. The highest BCUT2D eigenvalue weighted by Crippen LogP contribution is 2.40. The second kappa shape index (κ2) is 9.89. The fraction of sp³-hybridized carbons (Fsp3) is 0.286. The Balaban J connectivity index is 1.35. The third-order valence-corrected chi connectivity index (χ3v) is 7.06. The van der Waals surface area contributed by atoms with E-state index in [1.807, 2.05) is 18.2 Å². The van der Waals surface area contributed by atoms with Crippen LogP contribution in [0.2, 0.25) is 0 Å². The molecule has 37 heavy (non-hydrogen) atoms. The molecule has 2 aliphatic heterocycles. The van der Waals surface area contributed by atoms with Gasteiger partial charge in [-0.3, -0.25) is 0 Å². The van der Waals surface area contributed by atoms with Crippen LogP contribution in [-0.4, -0.2) is 53.5 Å². The van der Waals surface area contributed by atoms with E-state index in [-0.39, 0.29) is 18.5 Å². The molecule has 2 aromatic carbocycles. The number of halogens is 3. The summed E-state index contributed by atoms with van der Waals surface area (Å²) >= 11 is 0. The Morgan fingerprint density at radius 2 is 1.78 bits per heavy atom. The zero-order valence-electron chi connectivity index (χ0n) is 20.2. The minimum absolute atomic E-state index is 0.0325. The van der Waals surface area contributed by atoms with Crippen LogP contribution in [0.4, 0.5) is 24.7 Å². The maximum atomic E-state index is 14.7. The molecular formula is C28H27F3N6. The number of nitrogens with one attached hydrogen (secondary N) is 1. The van der Waals surface area contributed by atoms with Crippen molar-refractivity contribution < 1.29 is 13.2 Å². The lowest BCUT2D eigenvalue weighted by atomic mass is 10.0. The summed E-state index contributed by atoms with van der Waals surface area (Å²) in [5.74, 6) is -0.630. The summed E-state index contributed by atoms with van der Waals surface area (Å²) in [6.45, 7) is 3.94. The molecule has 0 unspecified atom stereocenters. The molecule has 0 radical (unpaired) electrons. The molecule has 6 nitrogen and oxygen atoms in total. The third-order valence-electron chi connectivity index (χ3n) is 7.06. The number of hydrogen-bond donors (Lipinski definition) is 1. The van der Waals surface area contributed by atoms with E-state index in [0.29, 0.717) is 17.2 Å². The Morgan fingerprint density at radius 3 is 2.59 bits per heavy atom. The van der Waals surface area contributed by atoms with Crippen molar-refractivity contribution in [2.45, 2.75) is 18.6 Å². The number of rotatable bonds is 5. The normalized spacial score (nSPS) is 20.4. The number of alkyl halides is 1. The zero-order chi connectivity index (χ0) is 25.4. The second-order valence-electron chi connectivity index (χ2n) is 9.44. The Labute approximate surface area is 213 Å². The van der Waals surface area contributed by atoms with Crippen LogP contribution in [0.5, 0.6) is 0 Å². The summed E-state index contributed by atoms with van der Waals surface area (Å²) < 4.78 is 45.1. The number of imidazole rings is 1. The Bertz CT molecular complexity index is 1430. The highest BCUT2D eigenvalue weighted by Gasteiger charge is 2.37. The van der Waals surface area contributed by atoms with Crippen molar-refractivity contribution in [3.05, 3.63) is 89.2 Å². The standard InChI is InChI=1S/C28H27F3N6/c29-20-6-9-24(31)23(16-20)26-17-21(30)18-36(26)28-25(37-27(34-28)2-1-11-33-37)10-5-19-3-7-22(8-4-19)35-14-12-32-13-15-35/h1-11,16,21,26,32H,12-15,17-18H2/b10-5+/t21-,26+/m0/s1. The maximum Gasteiger partial charge on any atom is 0.157 e. The fourth-order valence-corrected chi connectivity index (χ4v) is 5.23. The average molecular weight is 505 g/mol. The SMILES string of the molecule is Fc1ccc(F)c([C@H]2C[C@H](F)CN2c2nc3cccnn3c2/C=C/c2ccc(N3CCNCC3)cc2)c1. The van der Waals surface area contributed by atoms with Crippen LogP contribution in [0, 0.1) is 11.6 Å². The van der Waals surface area contributed by atoms with Gasteiger partial charge in [0.15, 0.2) is 11.5 Å². The molecule has 2 fully saturated rings. The number of nitrogens with zero attached hydrogens (tertiary/aromatic N) is 5. The van der Waals surface area contributed by atoms with Crippen LogP contribution in [0.25, 0.3) is 17.8 Å². The largest absolute Gasteiger partial charge is 0.369 e. The summed E-state index contributed by atoms with van der Waals surface area (Å²) in [6.07, 6.45) is 4.37. The minimum atomic E-state index is -1.19. The molecule has 6 rings (SSSR count). The van der Waals surface area contributed by atoms with E-state index >= 15 is 0 Å². The van der Waals surface area contributed by atoms with Crippen molar-refractivity contribution in [3.8, 4) is 0 Å². The molecular weight excluding hydrogens is 477 g/mol. The first-order valence-electron chi connectivity index (χ1n) is 12.5. The third kappa shape index (κ3) is 4.67. The number of fused-ring (bicyclic) bond motifs is 1. The van der Waals surface area contributed by atoms with Gasteiger partial charge >= 0.3 is 0 Å². The first-order valence-corrected chi connectivity index (χ1v) is 12.5. The van der Waals surface area contributed by atoms with E-state index in [1.54, 1.807) is 21.7 Å². The van der Waals surface area contributed by atoms with Gasteiger partial charge in [0, 0.05) is 50.0 Å². The van der Waals surface area contributed by atoms with Crippen LogP contribution in [0.1, 0.15) is 29.3 Å². The Morgan fingerprint density at radius 1 is 0.973 bits per heavy atom. The molecule has 2 aromatic heterocycles. The summed E-state index contributed by atoms with van der Waals surface area (Å²) in [5.41, 5.74) is 3.54. The Hall–Kier alpha value is -3.85. The van der Waals surface area contributed by atoms with E-state index < -0.39 is 23.8 Å². The molecule has 0 spiro atoms. The van der Waals surface area contributed by atoms with E-state index in [2.05, 4.69) is 39.6 Å². The molecule has 4 aromatic rings. The summed E-state index contributed by atoms with van der Waals surface area (Å²) in [4.78, 5) is 8.80. The van der Waals surface area contributed by atoms with E-state index in [9.17, 15) is 13.2 Å². The highest BCUT2D eigenvalue weighted by atomic mass is 19.1. The van der Waals surface area contributed by atoms with E-state index in [0.717, 1.165) is 49.9 Å². The molecule has 2 aliphatic rings. The van der Waals surface area contributed by atoms with Gasteiger partial charge in [-0.05, 0) is 54.1 Å². The van der Waals surface area contributed by atoms with Crippen LogP contribution in [0.3, 0.4) is 0 Å². The summed E-state index contributed by atoms with van der Waals surface area (Å²) in [6, 6.07) is 14.6. The first kappa shape index (κ1) is 23.5. The molecule has 2 atom stereocenters. The second-order valence-corrected chi connectivity index (χ2v) is 9.44. The molecule has 190 valence electrons. The van der Waals surface area contributed by atoms with Gasteiger partial charge in [-0.25, -0.2) is 22.7 Å². The lowest BCUT2D eigenvalue weighted by molar-refractivity contribution is 0.355. The summed E-state index contributed by atoms with van der Waals surface area (Å²) in [5, 5.41) is 7.81. The molecule has 0 bridgehead atoms. The molecule has 0 saturated carbocycles. The molecule has 1 N–H and O–H groups in total. The van der Waals surface area contributed by atoms with Gasteiger partial charge in [0.05, 0.1) is 12.6 Å². The molecule has 9 heteroatoms. The van der Waals surface area contributed by atoms with Crippen molar-refractivity contribution in [1.82, 2.24) is 19.9 Å². The summed E-state index contributed by atoms with van der Waals surface area (Å²) in [7, 11) is 0. The smallest absolute Gasteiger partial charge is 0.157 e. The van der Waals surface area contributed by atoms with Gasteiger partial charge < -0.3 is 15.1 Å². The van der Waals surface area contributed by atoms with Gasteiger partial charge in [-0.1, -0.05) is 18.2 Å². The average Bonchev–Trinajstić information content (AvgIpc) is 3.49. The minimum Gasteiger partial charge on any atom is -0.369 e. The van der Waals surface area contributed by atoms with Crippen LogP contribution < -0.4 is 15.1 Å². The van der Waals surface area contributed by atoms with E-state index in [1.165, 1.54) is 5.69 Å². The number of benzene rings is 2. The van der Waals surface area contributed by atoms with Crippen LogP contribution in [-0.2, 0) is 0 Å². The van der Waals surface area contributed by atoms with Crippen molar-refractivity contribution >= 4 is 29.3 Å². The van der Waals surface area contributed by atoms with Crippen molar-refractivity contribution in [2.75, 3.05) is 42.5 Å². The van der Waals surface area contributed by atoms with Gasteiger partial charge in [0.1, 0.15) is 23.5 Å². The number of anilines is 2. The lowest BCUT2D eigenvalue weighted by Crippen LogP contribution is -2.43. The molecule has 4 heterocycles. The predicted molar refractivity (Wildman–Crippen MR) is 139 cm³/mol. The first-order chi connectivity index (χ1) is 18.1. The van der Waals surface area contributed by atoms with E-state index in [4.69, 9.17) is 4.98 Å². The maximum absolute atomic E-state index is 14.7. The molecule has 0 amide bonds. The molecule has 0 aliphatic carbocycles. The topological polar surface area (TPSA) is 48.7 Å². The quantitative estimate of drug-likeness (QED) is 0.420. The monoisotopic (exact) mass is 504 g/mol. The highest BCUT2D eigenvalue weighted by molar-refractivity contribution is 5.77. The molecule has 2 saturated heterocycles. The number of piperazine rings is 1. The number of aromatic nitrogens is 3. The van der Waals surface area contributed by atoms with Crippen LogP contribution in [0.15, 0.2) is 60.8 Å². The van der Waals surface area contributed by atoms with Gasteiger partial charge in [0.25, 0.3) is 0 Å². The van der Waals surface area contributed by atoms with Gasteiger partial charge in [-0.2, -0.15) is 5.10 Å². The zero-order valence-corrected chi connectivity index (χ0v) is 20.2. The van der Waals surface area contributed by atoms with Crippen molar-refractivity contribution in [1.29, 1.82) is 0 Å². The van der Waals surface area contributed by atoms with Crippen LogP contribution >= 0.6 is 0 Å².